The second-order valence-electron chi connectivity index (χ2n) is 3.94. The molecule has 88 valence electrons. The number of aryl methyl sites for hydroxylation is 1. The van der Waals surface area contributed by atoms with Crippen molar-refractivity contribution in [3.63, 3.8) is 0 Å². The summed E-state index contributed by atoms with van der Waals surface area (Å²) in [5.74, 6) is 2.22. The summed E-state index contributed by atoms with van der Waals surface area (Å²) in [6, 6.07) is 1.66. The van der Waals surface area contributed by atoms with Crippen LogP contribution in [0.5, 0.6) is 5.88 Å². The molecule has 0 spiro atoms. The predicted octanol–water partition coefficient (Wildman–Crippen LogP) is 1.04. The summed E-state index contributed by atoms with van der Waals surface area (Å²) in [7, 11) is 0. The van der Waals surface area contributed by atoms with E-state index in [-0.39, 0.29) is 0 Å². The van der Waals surface area contributed by atoms with Crippen LogP contribution in [-0.2, 0) is 11.2 Å². The molecule has 5 nitrogen and oxygen atoms in total. The van der Waals surface area contributed by atoms with Crippen LogP contribution >= 0.6 is 0 Å². The Hall–Kier alpha value is -1.36. The van der Waals surface area contributed by atoms with Crippen LogP contribution in [0, 0.1) is 5.92 Å². The molecule has 0 radical (unpaired) electrons. The fraction of sp³-hybridized carbons (Fsp3) is 0.636. The van der Waals surface area contributed by atoms with Gasteiger partial charge in [0.1, 0.15) is 11.6 Å². The molecule has 1 aliphatic heterocycles. The van der Waals surface area contributed by atoms with Crippen molar-refractivity contribution in [1.82, 2.24) is 9.97 Å². The number of nitrogen functional groups attached to an aromatic ring is 1. The maximum absolute atomic E-state index is 5.66. The zero-order valence-corrected chi connectivity index (χ0v) is 9.48. The SMILES string of the molecule is CCc1nc(N)cc(OCC2CCOC2)n1. The number of anilines is 1. The molecule has 1 atom stereocenters. The average molecular weight is 223 g/mol. The minimum atomic E-state index is 0.463. The minimum absolute atomic E-state index is 0.463. The van der Waals surface area contributed by atoms with Gasteiger partial charge >= 0.3 is 0 Å². The van der Waals surface area contributed by atoms with E-state index in [1.54, 1.807) is 6.07 Å². The molecular weight excluding hydrogens is 206 g/mol. The highest BCUT2D eigenvalue weighted by atomic mass is 16.5. The van der Waals surface area contributed by atoms with Gasteiger partial charge in [0, 0.05) is 25.0 Å². The predicted molar refractivity (Wildman–Crippen MR) is 60.2 cm³/mol. The lowest BCUT2D eigenvalue weighted by molar-refractivity contribution is 0.165. The van der Waals surface area contributed by atoms with E-state index in [1.165, 1.54) is 0 Å². The fourth-order valence-corrected chi connectivity index (χ4v) is 1.64. The molecule has 0 aliphatic carbocycles. The standard InChI is InChI=1S/C11H17N3O2/c1-2-10-13-9(12)5-11(14-10)16-7-8-3-4-15-6-8/h5,8H,2-4,6-7H2,1H3,(H2,12,13,14). The van der Waals surface area contributed by atoms with E-state index in [2.05, 4.69) is 9.97 Å². The average Bonchev–Trinajstić information content (AvgIpc) is 2.78. The molecule has 2 rings (SSSR count). The van der Waals surface area contributed by atoms with E-state index in [9.17, 15) is 0 Å². The molecule has 2 heterocycles. The summed E-state index contributed by atoms with van der Waals surface area (Å²) in [6.07, 6.45) is 1.81. The molecule has 2 N–H and O–H groups in total. The maximum atomic E-state index is 5.66. The number of hydrogen-bond donors (Lipinski definition) is 1. The molecule has 1 aliphatic rings. The summed E-state index contributed by atoms with van der Waals surface area (Å²) in [5.41, 5.74) is 5.66. The summed E-state index contributed by atoms with van der Waals surface area (Å²) >= 11 is 0. The first kappa shape index (κ1) is 11.1. The van der Waals surface area contributed by atoms with Gasteiger partial charge in [0.25, 0.3) is 0 Å². The lowest BCUT2D eigenvalue weighted by Gasteiger charge is -2.10. The van der Waals surface area contributed by atoms with Gasteiger partial charge in [-0.25, -0.2) is 4.98 Å². The van der Waals surface area contributed by atoms with Crippen LogP contribution in [-0.4, -0.2) is 29.8 Å². The Morgan fingerprint density at radius 1 is 1.56 bits per heavy atom. The first-order valence-electron chi connectivity index (χ1n) is 5.62. The molecule has 1 fully saturated rings. The molecule has 0 aromatic carbocycles. The minimum Gasteiger partial charge on any atom is -0.477 e. The van der Waals surface area contributed by atoms with Crippen LogP contribution in [0.25, 0.3) is 0 Å². The Morgan fingerprint density at radius 3 is 3.12 bits per heavy atom. The van der Waals surface area contributed by atoms with Crippen LogP contribution in [0.15, 0.2) is 6.07 Å². The maximum Gasteiger partial charge on any atom is 0.218 e. The molecule has 0 amide bonds. The second-order valence-corrected chi connectivity index (χ2v) is 3.94. The molecule has 5 heteroatoms. The third-order valence-corrected chi connectivity index (χ3v) is 2.58. The largest absolute Gasteiger partial charge is 0.477 e. The number of nitrogens with two attached hydrogens (primary N) is 1. The van der Waals surface area contributed by atoms with Crippen molar-refractivity contribution in [3.05, 3.63) is 11.9 Å². The lowest BCUT2D eigenvalue weighted by Crippen LogP contribution is -2.13. The van der Waals surface area contributed by atoms with E-state index in [1.807, 2.05) is 6.92 Å². The van der Waals surface area contributed by atoms with E-state index in [0.717, 1.165) is 31.9 Å². The number of rotatable bonds is 4. The summed E-state index contributed by atoms with van der Waals surface area (Å²) < 4.78 is 10.9. The van der Waals surface area contributed by atoms with Gasteiger partial charge in [-0.1, -0.05) is 6.92 Å². The molecule has 0 bridgehead atoms. The van der Waals surface area contributed by atoms with Gasteiger partial charge in [0.15, 0.2) is 0 Å². The molecule has 1 unspecified atom stereocenters. The molecular formula is C11H17N3O2. The van der Waals surface area contributed by atoms with Crippen molar-refractivity contribution < 1.29 is 9.47 Å². The normalized spacial score (nSPS) is 19.9. The van der Waals surface area contributed by atoms with Crippen LogP contribution < -0.4 is 10.5 Å². The zero-order chi connectivity index (χ0) is 11.4. The third-order valence-electron chi connectivity index (χ3n) is 2.58. The first-order chi connectivity index (χ1) is 7.78. The highest BCUT2D eigenvalue weighted by Crippen LogP contribution is 2.16. The molecule has 1 aromatic heterocycles. The second kappa shape index (κ2) is 5.12. The Bertz CT molecular complexity index is 351. The highest BCUT2D eigenvalue weighted by Gasteiger charge is 2.16. The van der Waals surface area contributed by atoms with E-state index in [4.69, 9.17) is 15.2 Å². The monoisotopic (exact) mass is 223 g/mol. The van der Waals surface area contributed by atoms with Gasteiger partial charge in [-0.05, 0) is 6.42 Å². The Kier molecular flexibility index (Phi) is 3.56. The topological polar surface area (TPSA) is 70.3 Å². The quantitative estimate of drug-likeness (QED) is 0.825. The van der Waals surface area contributed by atoms with Gasteiger partial charge in [0.2, 0.25) is 5.88 Å². The zero-order valence-electron chi connectivity index (χ0n) is 9.48. The van der Waals surface area contributed by atoms with Gasteiger partial charge in [-0.3, -0.25) is 0 Å². The van der Waals surface area contributed by atoms with Crippen molar-refractivity contribution >= 4 is 5.82 Å². The lowest BCUT2D eigenvalue weighted by atomic mass is 10.1. The van der Waals surface area contributed by atoms with Gasteiger partial charge in [0.05, 0.1) is 13.2 Å². The Labute approximate surface area is 95.0 Å². The molecule has 1 saturated heterocycles. The van der Waals surface area contributed by atoms with Crippen molar-refractivity contribution in [2.75, 3.05) is 25.6 Å². The van der Waals surface area contributed by atoms with Gasteiger partial charge < -0.3 is 15.2 Å². The number of nitrogens with zero attached hydrogens (tertiary/aromatic N) is 2. The molecule has 1 aromatic rings. The van der Waals surface area contributed by atoms with Crippen molar-refractivity contribution in [1.29, 1.82) is 0 Å². The van der Waals surface area contributed by atoms with E-state index < -0.39 is 0 Å². The molecule has 0 saturated carbocycles. The van der Waals surface area contributed by atoms with Crippen LogP contribution in [0.2, 0.25) is 0 Å². The Balaban J connectivity index is 1.94. The Morgan fingerprint density at radius 2 is 2.44 bits per heavy atom. The summed E-state index contributed by atoms with van der Waals surface area (Å²) in [5, 5.41) is 0. The van der Waals surface area contributed by atoms with E-state index >= 15 is 0 Å². The van der Waals surface area contributed by atoms with Crippen LogP contribution in [0.3, 0.4) is 0 Å². The van der Waals surface area contributed by atoms with E-state index in [0.29, 0.717) is 24.2 Å². The van der Waals surface area contributed by atoms with Gasteiger partial charge in [-0.2, -0.15) is 4.98 Å². The number of hydrogen-bond acceptors (Lipinski definition) is 5. The van der Waals surface area contributed by atoms with Crippen LogP contribution in [0.1, 0.15) is 19.2 Å². The highest BCUT2D eigenvalue weighted by molar-refractivity contribution is 5.32. The smallest absolute Gasteiger partial charge is 0.218 e. The number of aromatic nitrogens is 2. The first-order valence-corrected chi connectivity index (χ1v) is 5.62. The molecule has 16 heavy (non-hydrogen) atoms. The van der Waals surface area contributed by atoms with Gasteiger partial charge in [-0.15, -0.1) is 0 Å². The van der Waals surface area contributed by atoms with Crippen LogP contribution in [0.4, 0.5) is 5.82 Å². The van der Waals surface area contributed by atoms with Crippen molar-refractivity contribution in [3.8, 4) is 5.88 Å². The van der Waals surface area contributed by atoms with Crippen molar-refractivity contribution in [2.45, 2.75) is 19.8 Å². The third kappa shape index (κ3) is 2.82. The summed E-state index contributed by atoms with van der Waals surface area (Å²) in [6.45, 7) is 4.24. The number of ether oxygens (including phenoxy) is 2. The summed E-state index contributed by atoms with van der Waals surface area (Å²) in [4.78, 5) is 8.35. The fourth-order valence-electron chi connectivity index (χ4n) is 1.64. The van der Waals surface area contributed by atoms with Crippen molar-refractivity contribution in [2.24, 2.45) is 5.92 Å².